The van der Waals surface area contributed by atoms with Crippen LogP contribution in [0, 0.1) is 11.8 Å². The van der Waals surface area contributed by atoms with Crippen molar-refractivity contribution in [2.24, 2.45) is 11.8 Å². The van der Waals surface area contributed by atoms with Crippen LogP contribution in [-0.4, -0.2) is 30.8 Å². The van der Waals surface area contributed by atoms with E-state index < -0.39 is 5.97 Å². The molecule has 0 amide bonds. The second-order valence-corrected chi connectivity index (χ2v) is 4.52. The van der Waals surface area contributed by atoms with E-state index in [4.69, 9.17) is 16.7 Å². The van der Waals surface area contributed by atoms with Gasteiger partial charge in [-0.15, -0.1) is 0 Å². The number of nitrogens with zero attached hydrogens (tertiary/aromatic N) is 4. The normalized spacial score (nSPS) is 22.9. The lowest BCUT2D eigenvalue weighted by atomic mass is 10.3. The maximum atomic E-state index is 10.7. The Morgan fingerprint density at radius 2 is 2.41 bits per heavy atom. The van der Waals surface area contributed by atoms with Gasteiger partial charge in [0, 0.05) is 12.7 Å². The molecule has 6 nitrogen and oxygen atoms in total. The largest absolute Gasteiger partial charge is 0.481 e. The lowest BCUT2D eigenvalue weighted by molar-refractivity contribution is -0.138. The first-order chi connectivity index (χ1) is 8.15. The quantitative estimate of drug-likeness (QED) is 0.830. The van der Waals surface area contributed by atoms with E-state index in [0.717, 1.165) is 5.39 Å². The highest BCUT2D eigenvalue weighted by atomic mass is 35.5. The molecule has 2 aromatic heterocycles. The van der Waals surface area contributed by atoms with Crippen molar-refractivity contribution in [3.8, 4) is 0 Å². The number of rotatable bonds is 3. The van der Waals surface area contributed by atoms with Gasteiger partial charge < -0.3 is 5.11 Å². The molecule has 3 rings (SSSR count). The highest BCUT2D eigenvalue weighted by Gasteiger charge is 2.43. The molecule has 1 N–H and O–H groups in total. The minimum atomic E-state index is -0.737. The predicted molar refractivity (Wildman–Crippen MR) is 59.6 cm³/mol. The van der Waals surface area contributed by atoms with Gasteiger partial charge in [0.15, 0.2) is 5.65 Å². The van der Waals surface area contributed by atoms with Gasteiger partial charge in [-0.05, 0) is 23.9 Å². The molecule has 1 saturated carbocycles. The summed E-state index contributed by atoms with van der Waals surface area (Å²) < 4.78 is 1.69. The number of carbonyl (C=O) groups is 1. The van der Waals surface area contributed by atoms with Crippen LogP contribution in [-0.2, 0) is 11.3 Å². The van der Waals surface area contributed by atoms with Gasteiger partial charge in [-0.3, -0.25) is 4.79 Å². The highest BCUT2D eigenvalue weighted by molar-refractivity contribution is 6.28. The van der Waals surface area contributed by atoms with E-state index in [9.17, 15) is 4.79 Å². The van der Waals surface area contributed by atoms with E-state index in [1.54, 1.807) is 17.1 Å². The lowest BCUT2D eigenvalue weighted by Gasteiger charge is -2.01. The summed E-state index contributed by atoms with van der Waals surface area (Å²) in [7, 11) is 0. The number of carboxylic acids is 1. The van der Waals surface area contributed by atoms with Crippen LogP contribution in [0.5, 0.6) is 0 Å². The smallest absolute Gasteiger partial charge is 0.306 e. The maximum absolute atomic E-state index is 10.7. The van der Waals surface area contributed by atoms with Gasteiger partial charge in [-0.25, -0.2) is 9.67 Å². The van der Waals surface area contributed by atoms with Gasteiger partial charge in [-0.2, -0.15) is 10.1 Å². The summed E-state index contributed by atoms with van der Waals surface area (Å²) in [5, 5.41) is 14.0. The molecule has 0 spiro atoms. The molecule has 88 valence electrons. The first kappa shape index (κ1) is 10.5. The van der Waals surface area contributed by atoms with Crippen molar-refractivity contribution in [2.45, 2.75) is 13.0 Å². The minimum absolute atomic E-state index is 0.143. The van der Waals surface area contributed by atoms with Gasteiger partial charge in [-0.1, -0.05) is 0 Å². The number of halogens is 1. The summed E-state index contributed by atoms with van der Waals surface area (Å²) in [6, 6.07) is 0. The maximum Gasteiger partial charge on any atom is 0.306 e. The monoisotopic (exact) mass is 252 g/mol. The van der Waals surface area contributed by atoms with Crippen molar-refractivity contribution in [1.82, 2.24) is 19.7 Å². The molecule has 1 aliphatic rings. The van der Waals surface area contributed by atoms with E-state index in [0.29, 0.717) is 18.6 Å². The van der Waals surface area contributed by atoms with E-state index in [2.05, 4.69) is 15.1 Å². The van der Waals surface area contributed by atoms with Gasteiger partial charge in [0.2, 0.25) is 5.28 Å². The summed E-state index contributed by atoms with van der Waals surface area (Å²) in [5.41, 5.74) is 0.654. The molecule has 2 heterocycles. The Morgan fingerprint density at radius 3 is 3.12 bits per heavy atom. The van der Waals surface area contributed by atoms with Crippen LogP contribution >= 0.6 is 11.6 Å². The molecule has 1 aliphatic carbocycles. The molecule has 1 fully saturated rings. The third-order valence-corrected chi connectivity index (χ3v) is 3.18. The van der Waals surface area contributed by atoms with Crippen molar-refractivity contribution in [3.05, 3.63) is 17.7 Å². The van der Waals surface area contributed by atoms with Crippen LogP contribution in [0.3, 0.4) is 0 Å². The van der Waals surface area contributed by atoms with Gasteiger partial charge >= 0.3 is 5.97 Å². The Bertz CT molecular complexity index is 597. The summed E-state index contributed by atoms with van der Waals surface area (Å²) in [5.74, 6) is -0.838. The summed E-state index contributed by atoms with van der Waals surface area (Å²) in [6.07, 6.45) is 3.97. The van der Waals surface area contributed by atoms with Crippen molar-refractivity contribution in [1.29, 1.82) is 0 Å². The zero-order valence-electron chi connectivity index (χ0n) is 8.75. The fourth-order valence-electron chi connectivity index (χ4n) is 1.95. The van der Waals surface area contributed by atoms with Crippen molar-refractivity contribution < 1.29 is 9.90 Å². The second-order valence-electron chi connectivity index (χ2n) is 4.19. The van der Waals surface area contributed by atoms with Gasteiger partial charge in [0.05, 0.1) is 17.5 Å². The molecule has 0 aliphatic heterocycles. The van der Waals surface area contributed by atoms with E-state index in [-0.39, 0.29) is 17.1 Å². The fraction of sp³-hybridized carbons (Fsp3) is 0.400. The number of aliphatic carboxylic acids is 1. The zero-order valence-corrected chi connectivity index (χ0v) is 9.50. The number of aromatic nitrogens is 4. The third-order valence-electron chi connectivity index (χ3n) is 2.99. The van der Waals surface area contributed by atoms with Crippen LogP contribution in [0.15, 0.2) is 12.4 Å². The van der Waals surface area contributed by atoms with Crippen LogP contribution in [0.2, 0.25) is 5.28 Å². The first-order valence-electron chi connectivity index (χ1n) is 5.22. The molecule has 2 aromatic rings. The average molecular weight is 253 g/mol. The van der Waals surface area contributed by atoms with E-state index in [1.165, 1.54) is 0 Å². The summed E-state index contributed by atoms with van der Waals surface area (Å²) in [6.45, 7) is 0.563. The topological polar surface area (TPSA) is 80.9 Å². The predicted octanol–water partition coefficient (Wildman–Crippen LogP) is 1.20. The van der Waals surface area contributed by atoms with E-state index in [1.807, 2.05) is 0 Å². The molecule has 7 heteroatoms. The van der Waals surface area contributed by atoms with Gasteiger partial charge in [0.25, 0.3) is 0 Å². The molecule has 2 atom stereocenters. The first-order valence-corrected chi connectivity index (χ1v) is 5.60. The van der Waals surface area contributed by atoms with E-state index >= 15 is 0 Å². The Morgan fingerprint density at radius 1 is 1.59 bits per heavy atom. The Hall–Kier alpha value is -1.69. The number of hydrogen-bond donors (Lipinski definition) is 1. The standard InChI is InChI=1S/C10H9ClN4O2/c11-10-12-2-6-3-13-15(8(6)14-10)4-5-1-7(5)9(16)17/h2-3,5,7H,1,4H2,(H,16,17)/t5-,7-/m1/s1. The van der Waals surface area contributed by atoms with Crippen LogP contribution in [0.25, 0.3) is 11.0 Å². The number of fused-ring (bicyclic) bond motifs is 1. The van der Waals surface area contributed by atoms with Crippen molar-refractivity contribution in [3.63, 3.8) is 0 Å². The Kier molecular flexibility index (Phi) is 2.25. The number of hydrogen-bond acceptors (Lipinski definition) is 4. The van der Waals surface area contributed by atoms with Crippen LogP contribution in [0.1, 0.15) is 6.42 Å². The lowest BCUT2D eigenvalue weighted by Crippen LogP contribution is -2.07. The van der Waals surface area contributed by atoms with Crippen molar-refractivity contribution in [2.75, 3.05) is 0 Å². The summed E-state index contributed by atoms with van der Waals surface area (Å²) in [4.78, 5) is 18.7. The Labute approximate surface area is 101 Å². The molecule has 0 aromatic carbocycles. The highest BCUT2D eigenvalue weighted by Crippen LogP contribution is 2.40. The van der Waals surface area contributed by atoms with Crippen LogP contribution < -0.4 is 0 Å². The SMILES string of the molecule is O=C(O)[C@@H]1C[C@@H]1Cn1ncc2cnc(Cl)nc21. The molecule has 0 saturated heterocycles. The average Bonchev–Trinajstić information content (AvgIpc) is 2.95. The van der Waals surface area contributed by atoms with Crippen molar-refractivity contribution >= 4 is 28.6 Å². The second kappa shape index (κ2) is 3.66. The van der Waals surface area contributed by atoms with Gasteiger partial charge in [0.1, 0.15) is 0 Å². The van der Waals surface area contributed by atoms with Crippen LogP contribution in [0.4, 0.5) is 0 Å². The minimum Gasteiger partial charge on any atom is -0.481 e. The molecular formula is C10H9ClN4O2. The molecule has 0 bridgehead atoms. The molecule has 0 radical (unpaired) electrons. The fourth-order valence-corrected chi connectivity index (χ4v) is 2.08. The zero-order chi connectivity index (χ0) is 12.0. The molecular weight excluding hydrogens is 244 g/mol. The molecule has 17 heavy (non-hydrogen) atoms. The summed E-state index contributed by atoms with van der Waals surface area (Å²) >= 11 is 5.72. The molecule has 0 unspecified atom stereocenters. The number of carboxylic acid groups (broad SMARTS) is 1. The Balaban J connectivity index is 1.86. The third kappa shape index (κ3) is 1.84.